The van der Waals surface area contributed by atoms with Crippen molar-refractivity contribution in [2.24, 2.45) is 11.8 Å². The molecule has 1 aliphatic carbocycles. The first kappa shape index (κ1) is 16.9. The molecule has 1 heterocycles. The van der Waals surface area contributed by atoms with E-state index < -0.39 is 18.1 Å². The Bertz CT molecular complexity index is 630. The van der Waals surface area contributed by atoms with Gasteiger partial charge < -0.3 is 14.9 Å². The summed E-state index contributed by atoms with van der Waals surface area (Å²) in [6.45, 7) is 0.286. The Labute approximate surface area is 141 Å². The molecular formula is C18H23FN2O3. The van der Waals surface area contributed by atoms with Gasteiger partial charge in [-0.3, -0.25) is 9.59 Å². The Balaban J connectivity index is 1.77. The maximum Gasteiger partial charge on any atom is 0.228 e. The standard InChI is InChI=1S/C18H23FN2O3/c1-20(10-15(22)11-3-4-11)18(24)14-9-16(23)21(2)17(14)12-5-7-13(19)8-6-12/h5-8,11,14-15,17,22H,3-4,9-10H2,1-2H3. The van der Waals surface area contributed by atoms with Gasteiger partial charge in [0.2, 0.25) is 11.8 Å². The van der Waals surface area contributed by atoms with Gasteiger partial charge in [-0.2, -0.15) is 0 Å². The van der Waals surface area contributed by atoms with Gasteiger partial charge in [-0.05, 0) is 36.5 Å². The van der Waals surface area contributed by atoms with Crippen LogP contribution >= 0.6 is 0 Å². The van der Waals surface area contributed by atoms with Crippen molar-refractivity contribution in [2.75, 3.05) is 20.6 Å². The highest BCUT2D eigenvalue weighted by atomic mass is 19.1. The largest absolute Gasteiger partial charge is 0.391 e. The van der Waals surface area contributed by atoms with Gasteiger partial charge in [-0.1, -0.05) is 12.1 Å². The van der Waals surface area contributed by atoms with Crippen LogP contribution in [0.2, 0.25) is 0 Å². The first-order chi connectivity index (χ1) is 11.4. The molecule has 24 heavy (non-hydrogen) atoms. The molecule has 1 saturated carbocycles. The van der Waals surface area contributed by atoms with Gasteiger partial charge in [0.05, 0.1) is 18.1 Å². The van der Waals surface area contributed by atoms with E-state index in [0.717, 1.165) is 18.4 Å². The van der Waals surface area contributed by atoms with Crippen molar-refractivity contribution < 1.29 is 19.1 Å². The summed E-state index contributed by atoms with van der Waals surface area (Å²) in [5.41, 5.74) is 0.749. The number of amides is 2. The summed E-state index contributed by atoms with van der Waals surface area (Å²) in [7, 11) is 3.33. The number of likely N-dealkylation sites (tertiary alicyclic amines) is 1. The van der Waals surface area contributed by atoms with Crippen LogP contribution in [0.1, 0.15) is 30.9 Å². The Morgan fingerprint density at radius 1 is 1.38 bits per heavy atom. The van der Waals surface area contributed by atoms with Crippen LogP contribution < -0.4 is 0 Å². The molecule has 5 nitrogen and oxygen atoms in total. The number of halogens is 1. The molecule has 6 heteroatoms. The zero-order valence-electron chi connectivity index (χ0n) is 14.0. The van der Waals surface area contributed by atoms with Crippen molar-refractivity contribution in [3.05, 3.63) is 35.6 Å². The third-order valence-electron chi connectivity index (χ3n) is 5.12. The lowest BCUT2D eigenvalue weighted by molar-refractivity contribution is -0.136. The van der Waals surface area contributed by atoms with E-state index >= 15 is 0 Å². The summed E-state index contributed by atoms with van der Waals surface area (Å²) in [4.78, 5) is 28.0. The first-order valence-corrected chi connectivity index (χ1v) is 8.32. The van der Waals surface area contributed by atoms with Crippen LogP contribution in [0.4, 0.5) is 4.39 Å². The number of rotatable bonds is 5. The predicted molar refractivity (Wildman–Crippen MR) is 86.4 cm³/mol. The van der Waals surface area contributed by atoms with Crippen molar-refractivity contribution in [3.8, 4) is 0 Å². The molecule has 130 valence electrons. The number of aliphatic hydroxyl groups excluding tert-OH is 1. The molecule has 3 unspecified atom stereocenters. The number of carbonyl (C=O) groups is 2. The molecule has 1 saturated heterocycles. The molecule has 2 aliphatic rings. The van der Waals surface area contributed by atoms with Crippen LogP contribution in [0.15, 0.2) is 24.3 Å². The minimum Gasteiger partial charge on any atom is -0.391 e. The SMILES string of the molecule is CN(CC(O)C1CC1)C(=O)C1CC(=O)N(C)C1c1ccc(F)cc1. The minimum absolute atomic E-state index is 0.0983. The molecule has 3 rings (SSSR count). The highest BCUT2D eigenvalue weighted by Gasteiger charge is 2.44. The molecule has 1 aliphatic heterocycles. The fourth-order valence-electron chi connectivity index (χ4n) is 3.49. The van der Waals surface area contributed by atoms with E-state index in [9.17, 15) is 19.1 Å². The number of likely N-dealkylation sites (N-methyl/N-ethyl adjacent to an activating group) is 1. The summed E-state index contributed by atoms with van der Waals surface area (Å²) in [5, 5.41) is 10.1. The summed E-state index contributed by atoms with van der Waals surface area (Å²) in [6.07, 6.45) is 1.65. The molecule has 1 N–H and O–H groups in total. The average molecular weight is 334 g/mol. The number of hydrogen-bond donors (Lipinski definition) is 1. The molecule has 2 fully saturated rings. The molecule has 0 radical (unpaired) electrons. The van der Waals surface area contributed by atoms with E-state index in [1.165, 1.54) is 17.0 Å². The van der Waals surface area contributed by atoms with Crippen LogP contribution in [-0.2, 0) is 9.59 Å². The second-order valence-corrected chi connectivity index (χ2v) is 6.94. The van der Waals surface area contributed by atoms with Gasteiger partial charge in [-0.25, -0.2) is 4.39 Å². The molecule has 1 aromatic carbocycles. The quantitative estimate of drug-likeness (QED) is 0.889. The van der Waals surface area contributed by atoms with Crippen molar-refractivity contribution in [1.29, 1.82) is 0 Å². The Morgan fingerprint density at radius 3 is 2.58 bits per heavy atom. The highest BCUT2D eigenvalue weighted by molar-refractivity contribution is 5.90. The number of carbonyl (C=O) groups excluding carboxylic acids is 2. The fourth-order valence-corrected chi connectivity index (χ4v) is 3.49. The van der Waals surface area contributed by atoms with Crippen molar-refractivity contribution in [2.45, 2.75) is 31.4 Å². The zero-order valence-corrected chi connectivity index (χ0v) is 14.0. The summed E-state index contributed by atoms with van der Waals surface area (Å²) < 4.78 is 13.2. The second-order valence-electron chi connectivity index (χ2n) is 6.94. The lowest BCUT2D eigenvalue weighted by Crippen LogP contribution is -2.40. The number of aliphatic hydroxyl groups is 1. The van der Waals surface area contributed by atoms with Crippen LogP contribution in [0.25, 0.3) is 0 Å². The maximum absolute atomic E-state index is 13.2. The third-order valence-corrected chi connectivity index (χ3v) is 5.12. The monoisotopic (exact) mass is 334 g/mol. The van der Waals surface area contributed by atoms with E-state index in [1.54, 1.807) is 31.1 Å². The van der Waals surface area contributed by atoms with Crippen LogP contribution in [0, 0.1) is 17.7 Å². The number of nitrogens with zero attached hydrogens (tertiary/aromatic N) is 2. The van der Waals surface area contributed by atoms with Gasteiger partial charge in [-0.15, -0.1) is 0 Å². The second kappa shape index (κ2) is 6.51. The number of hydrogen-bond acceptors (Lipinski definition) is 3. The molecule has 2 amide bonds. The summed E-state index contributed by atoms with van der Waals surface area (Å²) >= 11 is 0. The van der Waals surface area contributed by atoms with E-state index in [2.05, 4.69) is 0 Å². The van der Waals surface area contributed by atoms with Crippen molar-refractivity contribution >= 4 is 11.8 Å². The topological polar surface area (TPSA) is 60.9 Å². The fraction of sp³-hybridized carbons (Fsp3) is 0.556. The van der Waals surface area contributed by atoms with Gasteiger partial charge >= 0.3 is 0 Å². The van der Waals surface area contributed by atoms with Crippen LogP contribution in [0.5, 0.6) is 0 Å². The van der Waals surface area contributed by atoms with Crippen LogP contribution in [-0.4, -0.2) is 53.5 Å². The lowest BCUT2D eigenvalue weighted by atomic mass is 9.92. The maximum atomic E-state index is 13.2. The summed E-state index contributed by atoms with van der Waals surface area (Å²) in [6, 6.07) is 5.52. The molecule has 0 aromatic heterocycles. The van der Waals surface area contributed by atoms with Gasteiger partial charge in [0.25, 0.3) is 0 Å². The van der Waals surface area contributed by atoms with Crippen molar-refractivity contribution in [1.82, 2.24) is 9.80 Å². The van der Waals surface area contributed by atoms with Gasteiger partial charge in [0.15, 0.2) is 0 Å². The average Bonchev–Trinajstić information content (AvgIpc) is 3.35. The normalized spacial score (nSPS) is 25.0. The van der Waals surface area contributed by atoms with Crippen LogP contribution in [0.3, 0.4) is 0 Å². The molecule has 0 bridgehead atoms. The number of benzene rings is 1. The summed E-state index contributed by atoms with van der Waals surface area (Å²) in [5.74, 6) is -0.816. The third kappa shape index (κ3) is 3.29. The highest BCUT2D eigenvalue weighted by Crippen LogP contribution is 2.38. The smallest absolute Gasteiger partial charge is 0.228 e. The Hall–Kier alpha value is -1.95. The lowest BCUT2D eigenvalue weighted by Gasteiger charge is -2.29. The van der Waals surface area contributed by atoms with E-state index in [1.807, 2.05) is 0 Å². The molecule has 1 aromatic rings. The molecule has 0 spiro atoms. The zero-order chi connectivity index (χ0) is 17.4. The Morgan fingerprint density at radius 2 is 2.00 bits per heavy atom. The van der Waals surface area contributed by atoms with Gasteiger partial charge in [0.1, 0.15) is 5.82 Å². The molecule has 3 atom stereocenters. The van der Waals surface area contributed by atoms with E-state index in [-0.39, 0.29) is 30.6 Å². The molecular weight excluding hydrogens is 311 g/mol. The van der Waals surface area contributed by atoms with Gasteiger partial charge in [0, 0.05) is 27.1 Å². The van der Waals surface area contributed by atoms with E-state index in [0.29, 0.717) is 5.92 Å². The minimum atomic E-state index is -0.510. The van der Waals surface area contributed by atoms with Crippen molar-refractivity contribution in [3.63, 3.8) is 0 Å². The van der Waals surface area contributed by atoms with E-state index in [4.69, 9.17) is 0 Å². The predicted octanol–water partition coefficient (Wildman–Crippen LogP) is 1.57. The Kier molecular flexibility index (Phi) is 4.58. The first-order valence-electron chi connectivity index (χ1n) is 8.32.